The lowest BCUT2D eigenvalue weighted by Gasteiger charge is -2.25. The maximum atomic E-state index is 12.2. The van der Waals surface area contributed by atoms with Crippen molar-refractivity contribution in [2.75, 3.05) is 0 Å². The van der Waals surface area contributed by atoms with E-state index in [1.807, 2.05) is 12.1 Å². The molecule has 1 amide bonds. The van der Waals surface area contributed by atoms with Gasteiger partial charge in [0.1, 0.15) is 0 Å². The van der Waals surface area contributed by atoms with E-state index in [9.17, 15) is 9.59 Å². The Morgan fingerprint density at radius 2 is 1.95 bits per heavy atom. The van der Waals surface area contributed by atoms with Crippen LogP contribution >= 0.6 is 11.6 Å². The summed E-state index contributed by atoms with van der Waals surface area (Å²) in [5.74, 6) is -1.36. The van der Waals surface area contributed by atoms with Crippen LogP contribution in [-0.4, -0.2) is 34.0 Å². The van der Waals surface area contributed by atoms with Gasteiger partial charge in [0.25, 0.3) is 0 Å². The van der Waals surface area contributed by atoms with Crippen LogP contribution in [0.25, 0.3) is 0 Å². The van der Waals surface area contributed by atoms with E-state index in [1.165, 1.54) is 0 Å². The molecule has 1 fully saturated rings. The zero-order valence-electron chi connectivity index (χ0n) is 11.0. The molecular weight excluding hydrogens is 280 g/mol. The van der Waals surface area contributed by atoms with Crippen molar-refractivity contribution < 1.29 is 14.7 Å². The predicted molar refractivity (Wildman–Crippen MR) is 75.3 cm³/mol. The lowest BCUT2D eigenvalue weighted by molar-refractivity contribution is -0.142. The van der Waals surface area contributed by atoms with E-state index < -0.39 is 12.0 Å². The fourth-order valence-corrected chi connectivity index (χ4v) is 2.17. The molecule has 1 unspecified atom stereocenters. The maximum Gasteiger partial charge on any atom is 0.305 e. The molecule has 1 aliphatic rings. The number of hydrogen-bond donors (Lipinski definition) is 2. The number of nitrogens with two attached hydrogens (primary N) is 1. The smallest absolute Gasteiger partial charge is 0.305 e. The summed E-state index contributed by atoms with van der Waals surface area (Å²) in [7, 11) is 0. The van der Waals surface area contributed by atoms with Gasteiger partial charge in [0.2, 0.25) is 5.91 Å². The molecule has 1 atom stereocenters. The molecule has 0 aliphatic heterocycles. The molecule has 1 aromatic carbocycles. The molecule has 0 spiro atoms. The Morgan fingerprint density at radius 1 is 1.35 bits per heavy atom. The van der Waals surface area contributed by atoms with Crippen LogP contribution in [0, 0.1) is 0 Å². The highest BCUT2D eigenvalue weighted by molar-refractivity contribution is 6.30. The van der Waals surface area contributed by atoms with Crippen molar-refractivity contribution in [3.05, 3.63) is 34.9 Å². The molecule has 0 saturated heterocycles. The SMILES string of the molecule is NC(CC(=O)O)C(=O)N(Cc1ccc(Cl)cc1)C1CC1. The van der Waals surface area contributed by atoms with Gasteiger partial charge in [-0.1, -0.05) is 23.7 Å². The van der Waals surface area contributed by atoms with Crippen LogP contribution in [0.15, 0.2) is 24.3 Å². The Labute approximate surface area is 122 Å². The first-order valence-corrected chi connectivity index (χ1v) is 6.87. The highest BCUT2D eigenvalue weighted by atomic mass is 35.5. The van der Waals surface area contributed by atoms with Gasteiger partial charge in [0, 0.05) is 17.6 Å². The van der Waals surface area contributed by atoms with Crippen LogP contribution in [-0.2, 0) is 16.1 Å². The zero-order chi connectivity index (χ0) is 14.7. The Morgan fingerprint density at radius 3 is 2.45 bits per heavy atom. The summed E-state index contributed by atoms with van der Waals surface area (Å²) in [6.07, 6.45) is 1.54. The summed E-state index contributed by atoms with van der Waals surface area (Å²) < 4.78 is 0. The van der Waals surface area contributed by atoms with Gasteiger partial charge >= 0.3 is 5.97 Å². The number of carbonyl (C=O) groups is 2. The summed E-state index contributed by atoms with van der Waals surface area (Å²) in [4.78, 5) is 24.6. The summed E-state index contributed by atoms with van der Waals surface area (Å²) >= 11 is 5.83. The molecule has 3 N–H and O–H groups in total. The number of amides is 1. The Hall–Kier alpha value is -1.59. The molecule has 20 heavy (non-hydrogen) atoms. The topological polar surface area (TPSA) is 83.6 Å². The number of hydrogen-bond acceptors (Lipinski definition) is 3. The molecule has 5 nitrogen and oxygen atoms in total. The molecule has 1 saturated carbocycles. The normalized spacial score (nSPS) is 15.7. The minimum Gasteiger partial charge on any atom is -0.481 e. The van der Waals surface area contributed by atoms with Crippen molar-refractivity contribution >= 4 is 23.5 Å². The lowest BCUT2D eigenvalue weighted by atomic mass is 10.1. The summed E-state index contributed by atoms with van der Waals surface area (Å²) in [5.41, 5.74) is 6.62. The highest BCUT2D eigenvalue weighted by Crippen LogP contribution is 2.29. The minimum atomic E-state index is -1.06. The van der Waals surface area contributed by atoms with Crippen LogP contribution in [0.3, 0.4) is 0 Å². The van der Waals surface area contributed by atoms with Crippen LogP contribution in [0.1, 0.15) is 24.8 Å². The van der Waals surface area contributed by atoms with Gasteiger partial charge in [-0.15, -0.1) is 0 Å². The standard InChI is InChI=1S/C14H17ClN2O3/c15-10-3-1-9(2-4-10)8-17(11-5-6-11)14(20)12(16)7-13(18)19/h1-4,11-12H,5-8,16H2,(H,18,19). The quantitative estimate of drug-likeness (QED) is 0.836. The first kappa shape index (κ1) is 14.8. The third-order valence-electron chi connectivity index (χ3n) is 3.25. The largest absolute Gasteiger partial charge is 0.481 e. The number of carboxylic acid groups (broad SMARTS) is 1. The third kappa shape index (κ3) is 3.95. The number of halogens is 1. The van der Waals surface area contributed by atoms with Gasteiger partial charge in [-0.3, -0.25) is 9.59 Å². The van der Waals surface area contributed by atoms with Crippen molar-refractivity contribution in [1.82, 2.24) is 4.90 Å². The first-order chi connectivity index (χ1) is 9.47. The second-order valence-corrected chi connectivity index (χ2v) is 5.46. The van der Waals surface area contributed by atoms with Crippen LogP contribution in [0.2, 0.25) is 5.02 Å². The Balaban J connectivity index is 2.05. The van der Waals surface area contributed by atoms with Gasteiger partial charge in [0.15, 0.2) is 0 Å². The van der Waals surface area contributed by atoms with Gasteiger partial charge in [0.05, 0.1) is 12.5 Å². The van der Waals surface area contributed by atoms with Gasteiger partial charge < -0.3 is 15.7 Å². The van der Waals surface area contributed by atoms with Crippen LogP contribution in [0.4, 0.5) is 0 Å². The number of carboxylic acids is 1. The number of benzene rings is 1. The molecule has 0 radical (unpaired) electrons. The molecule has 2 rings (SSSR count). The third-order valence-corrected chi connectivity index (χ3v) is 3.50. The molecule has 108 valence electrons. The van der Waals surface area contributed by atoms with Crippen molar-refractivity contribution in [1.29, 1.82) is 0 Å². The number of carbonyl (C=O) groups excluding carboxylic acids is 1. The minimum absolute atomic E-state index is 0.179. The summed E-state index contributed by atoms with van der Waals surface area (Å²) in [5, 5.41) is 9.36. The highest BCUT2D eigenvalue weighted by Gasteiger charge is 2.35. The van der Waals surface area contributed by atoms with E-state index in [1.54, 1.807) is 17.0 Å². The first-order valence-electron chi connectivity index (χ1n) is 6.49. The zero-order valence-corrected chi connectivity index (χ0v) is 11.7. The van der Waals surface area contributed by atoms with Crippen molar-refractivity contribution in [2.45, 2.75) is 37.9 Å². The average molecular weight is 297 g/mol. The fraction of sp³-hybridized carbons (Fsp3) is 0.429. The predicted octanol–water partition coefficient (Wildman–Crippen LogP) is 1.63. The van der Waals surface area contributed by atoms with E-state index in [4.69, 9.17) is 22.4 Å². The van der Waals surface area contributed by atoms with Crippen LogP contribution < -0.4 is 5.73 Å². The molecule has 0 heterocycles. The summed E-state index contributed by atoms with van der Waals surface area (Å²) in [6, 6.07) is 6.44. The fourth-order valence-electron chi connectivity index (χ4n) is 2.05. The van der Waals surface area contributed by atoms with Crippen molar-refractivity contribution in [3.63, 3.8) is 0 Å². The molecule has 0 aromatic heterocycles. The van der Waals surface area contributed by atoms with Gasteiger partial charge in [-0.25, -0.2) is 0 Å². The number of nitrogens with zero attached hydrogens (tertiary/aromatic N) is 1. The Bertz CT molecular complexity index is 500. The molecule has 1 aromatic rings. The Kier molecular flexibility index (Phi) is 4.62. The number of rotatable bonds is 6. The van der Waals surface area contributed by atoms with E-state index >= 15 is 0 Å². The monoisotopic (exact) mass is 296 g/mol. The number of aliphatic carboxylic acids is 1. The van der Waals surface area contributed by atoms with Crippen LogP contribution in [0.5, 0.6) is 0 Å². The van der Waals surface area contributed by atoms with Gasteiger partial charge in [-0.2, -0.15) is 0 Å². The van der Waals surface area contributed by atoms with Crippen molar-refractivity contribution in [3.8, 4) is 0 Å². The molecule has 6 heteroatoms. The average Bonchev–Trinajstić information content (AvgIpc) is 3.21. The maximum absolute atomic E-state index is 12.2. The van der Waals surface area contributed by atoms with E-state index in [0.29, 0.717) is 11.6 Å². The van der Waals surface area contributed by atoms with E-state index in [2.05, 4.69) is 0 Å². The van der Waals surface area contributed by atoms with Gasteiger partial charge in [-0.05, 0) is 30.5 Å². The second kappa shape index (κ2) is 6.24. The van der Waals surface area contributed by atoms with Crippen molar-refractivity contribution in [2.24, 2.45) is 5.73 Å². The van der Waals surface area contributed by atoms with E-state index in [0.717, 1.165) is 18.4 Å². The molecule has 1 aliphatic carbocycles. The molecular formula is C14H17ClN2O3. The summed E-state index contributed by atoms with van der Waals surface area (Å²) in [6.45, 7) is 0.438. The van der Waals surface area contributed by atoms with E-state index in [-0.39, 0.29) is 18.4 Å². The lowest BCUT2D eigenvalue weighted by Crippen LogP contribution is -2.45. The molecule has 0 bridgehead atoms. The second-order valence-electron chi connectivity index (χ2n) is 5.03.